The molecule has 0 heterocycles. The zero-order chi connectivity index (χ0) is 13.1. The molecule has 0 bridgehead atoms. The normalized spacial score (nSPS) is 15.2. The van der Waals surface area contributed by atoms with Gasteiger partial charge in [-0.05, 0) is 18.5 Å². The van der Waals surface area contributed by atoms with E-state index in [0.717, 1.165) is 11.4 Å². The molecule has 0 spiro atoms. The molecule has 0 saturated heterocycles. The molecule has 0 amide bonds. The van der Waals surface area contributed by atoms with Crippen LogP contribution in [-0.2, 0) is 0 Å². The molecule has 0 radical (unpaired) electrons. The molecule has 0 aliphatic rings. The van der Waals surface area contributed by atoms with Crippen molar-refractivity contribution in [1.82, 2.24) is 0 Å². The Morgan fingerprint density at radius 1 is 0.938 bits per heavy atom. The van der Waals surface area contributed by atoms with Crippen LogP contribution in [0.4, 0.5) is 0 Å². The molecule has 0 unspecified atom stereocenters. The Morgan fingerprint density at radius 2 is 1.38 bits per heavy atom. The van der Waals surface area contributed by atoms with Gasteiger partial charge in [-0.25, -0.2) is 9.98 Å². The average molecular weight is 243 g/mol. The summed E-state index contributed by atoms with van der Waals surface area (Å²) in [7, 11) is 0. The summed E-state index contributed by atoms with van der Waals surface area (Å²) >= 11 is 5.98. The van der Waals surface area contributed by atoms with Crippen LogP contribution in [0.3, 0.4) is 0 Å². The number of hydrogen-bond acceptors (Lipinski definition) is 1. The van der Waals surface area contributed by atoms with Gasteiger partial charge in [-0.1, -0.05) is 48.1 Å². The second kappa shape index (κ2) is 5.13. The van der Waals surface area contributed by atoms with E-state index in [1.165, 1.54) is 0 Å². The fourth-order valence-corrected chi connectivity index (χ4v) is 0.839. The topological polar surface area (TPSA) is 24.7 Å². The minimum Gasteiger partial charge on any atom is -0.227 e. The van der Waals surface area contributed by atoms with Crippen molar-refractivity contribution in [3.8, 4) is 0 Å². The third-order valence-electron chi connectivity index (χ3n) is 2.44. The average Bonchev–Trinajstić information content (AvgIpc) is 1.99. The lowest BCUT2D eigenvalue weighted by Crippen LogP contribution is -2.17. The first-order valence-electron chi connectivity index (χ1n) is 5.44. The van der Waals surface area contributed by atoms with Gasteiger partial charge in [0.15, 0.2) is 0 Å². The number of hydrogen-bond donors (Lipinski definition) is 0. The van der Waals surface area contributed by atoms with Crippen LogP contribution in [0.2, 0.25) is 0 Å². The van der Waals surface area contributed by atoms with E-state index in [2.05, 4.69) is 37.3 Å². The van der Waals surface area contributed by atoms with Gasteiger partial charge in [-0.3, -0.25) is 0 Å². The number of amidine groups is 1. The zero-order valence-corrected chi connectivity index (χ0v) is 12.2. The Hall–Kier alpha value is -0.630. The maximum absolute atomic E-state index is 5.98. The predicted octanol–water partition coefficient (Wildman–Crippen LogP) is 4.65. The Balaban J connectivity index is 4.91. The highest BCUT2D eigenvalue weighted by atomic mass is 35.5. The minimum atomic E-state index is -0.0781. The van der Waals surface area contributed by atoms with Gasteiger partial charge in [0, 0.05) is 22.2 Å². The molecule has 0 aliphatic carbocycles. The van der Waals surface area contributed by atoms with Crippen LogP contribution < -0.4 is 0 Å². The number of nitrogens with zero attached hydrogens (tertiary/aromatic N) is 2. The molecule has 0 N–H and O–H groups in total. The number of rotatable bonds is 1. The van der Waals surface area contributed by atoms with Gasteiger partial charge in [-0.15, -0.1) is 0 Å². The minimum absolute atomic E-state index is 0.0126. The summed E-state index contributed by atoms with van der Waals surface area (Å²) in [5.41, 5.74) is 1.63. The first kappa shape index (κ1) is 15.4. The summed E-state index contributed by atoms with van der Waals surface area (Å²) in [5.74, 6) is 0. The van der Waals surface area contributed by atoms with Crippen LogP contribution >= 0.6 is 11.6 Å². The highest BCUT2D eigenvalue weighted by Gasteiger charge is 2.17. The molecule has 0 saturated carbocycles. The Bertz CT molecular complexity index is 325. The predicted molar refractivity (Wildman–Crippen MR) is 74.4 cm³/mol. The van der Waals surface area contributed by atoms with E-state index in [1.807, 2.05) is 27.7 Å². The third-order valence-corrected chi connectivity index (χ3v) is 2.61. The van der Waals surface area contributed by atoms with Gasteiger partial charge >= 0.3 is 0 Å². The molecular weight excluding hydrogens is 220 g/mol. The quantitative estimate of drug-likeness (QED) is 0.363. The number of allylic oxidation sites excluding steroid dienone is 1. The highest BCUT2D eigenvalue weighted by molar-refractivity contribution is 6.65. The van der Waals surface area contributed by atoms with Gasteiger partial charge < -0.3 is 0 Å². The van der Waals surface area contributed by atoms with Crippen molar-refractivity contribution in [2.24, 2.45) is 20.8 Å². The Labute approximate surface area is 105 Å². The number of halogens is 1. The largest absolute Gasteiger partial charge is 0.227 e. The molecule has 2 nitrogen and oxygen atoms in total. The van der Waals surface area contributed by atoms with Crippen molar-refractivity contribution in [3.05, 3.63) is 12.3 Å². The van der Waals surface area contributed by atoms with Crippen LogP contribution in [-0.4, -0.2) is 11.0 Å². The lowest BCUT2D eigenvalue weighted by Gasteiger charge is -2.19. The lowest BCUT2D eigenvalue weighted by molar-refractivity contribution is 0.501. The number of aliphatic imine (C=N–C) groups is 2. The van der Waals surface area contributed by atoms with E-state index in [1.54, 1.807) is 0 Å². The van der Waals surface area contributed by atoms with Gasteiger partial charge in [0.05, 0.1) is 0 Å². The Morgan fingerprint density at radius 3 is 1.69 bits per heavy atom. The van der Waals surface area contributed by atoms with Gasteiger partial charge in [-0.2, -0.15) is 0 Å². The van der Waals surface area contributed by atoms with E-state index in [-0.39, 0.29) is 16.1 Å². The van der Waals surface area contributed by atoms with Crippen molar-refractivity contribution in [1.29, 1.82) is 0 Å². The molecule has 0 atom stereocenters. The molecule has 16 heavy (non-hydrogen) atoms. The molecule has 0 aromatic carbocycles. The van der Waals surface area contributed by atoms with Crippen LogP contribution in [0, 0.1) is 10.8 Å². The standard InChI is InChI=1S/C13H23ClN2/c1-9(12(3,4)5)15-11(14)16-10(2)13(6,7)8/h1H2,2-8H3/b15-11?,16-10+. The highest BCUT2D eigenvalue weighted by Crippen LogP contribution is 2.25. The summed E-state index contributed by atoms with van der Waals surface area (Å²) in [6.07, 6.45) is 0. The molecule has 92 valence electrons. The van der Waals surface area contributed by atoms with Crippen molar-refractivity contribution in [3.63, 3.8) is 0 Å². The summed E-state index contributed by atoms with van der Waals surface area (Å²) < 4.78 is 0. The molecule has 0 aliphatic heterocycles. The van der Waals surface area contributed by atoms with Gasteiger partial charge in [0.25, 0.3) is 0 Å². The third kappa shape index (κ3) is 5.45. The van der Waals surface area contributed by atoms with E-state index < -0.39 is 0 Å². The van der Waals surface area contributed by atoms with Crippen molar-refractivity contribution in [2.45, 2.75) is 48.5 Å². The lowest BCUT2D eigenvalue weighted by atomic mass is 9.91. The molecular formula is C13H23ClN2. The second-order valence-corrected chi connectivity index (χ2v) is 6.36. The molecule has 0 fully saturated rings. The fourth-order valence-electron chi connectivity index (χ4n) is 0.610. The SMILES string of the molecule is C=C(N=C(Cl)/N=C(\C)C(C)(C)C)C(C)(C)C. The molecule has 3 heteroatoms. The maximum Gasteiger partial charge on any atom is 0.222 e. The maximum atomic E-state index is 5.98. The van der Waals surface area contributed by atoms with Crippen LogP contribution in [0.15, 0.2) is 22.3 Å². The molecule has 0 aromatic heterocycles. The second-order valence-electron chi connectivity index (χ2n) is 6.02. The van der Waals surface area contributed by atoms with Crippen LogP contribution in [0.25, 0.3) is 0 Å². The summed E-state index contributed by atoms with van der Waals surface area (Å²) in [6.45, 7) is 18.3. The van der Waals surface area contributed by atoms with E-state index >= 15 is 0 Å². The van der Waals surface area contributed by atoms with Crippen molar-refractivity contribution < 1.29 is 0 Å². The van der Waals surface area contributed by atoms with Crippen molar-refractivity contribution >= 4 is 22.6 Å². The van der Waals surface area contributed by atoms with E-state index in [0.29, 0.717) is 0 Å². The van der Waals surface area contributed by atoms with E-state index in [9.17, 15) is 0 Å². The fraction of sp³-hybridized carbons (Fsp3) is 0.692. The summed E-state index contributed by atoms with van der Waals surface area (Å²) in [6, 6.07) is 0. The smallest absolute Gasteiger partial charge is 0.222 e. The van der Waals surface area contributed by atoms with E-state index in [4.69, 9.17) is 11.6 Å². The zero-order valence-electron chi connectivity index (χ0n) is 11.5. The first-order chi connectivity index (χ1) is 6.94. The molecule has 0 aromatic rings. The van der Waals surface area contributed by atoms with Crippen molar-refractivity contribution in [2.75, 3.05) is 0 Å². The van der Waals surface area contributed by atoms with Gasteiger partial charge in [0.1, 0.15) is 0 Å². The monoisotopic (exact) mass is 242 g/mol. The van der Waals surface area contributed by atoms with Crippen LogP contribution in [0.5, 0.6) is 0 Å². The summed E-state index contributed by atoms with van der Waals surface area (Å²) in [4.78, 5) is 8.47. The van der Waals surface area contributed by atoms with Crippen LogP contribution in [0.1, 0.15) is 48.5 Å². The summed E-state index contributed by atoms with van der Waals surface area (Å²) in [5, 5.41) is 0.257. The Kier molecular flexibility index (Phi) is 4.93. The molecule has 0 rings (SSSR count). The first-order valence-corrected chi connectivity index (χ1v) is 5.81. The van der Waals surface area contributed by atoms with Gasteiger partial charge in [0.2, 0.25) is 5.29 Å².